The van der Waals surface area contributed by atoms with Gasteiger partial charge in [-0.2, -0.15) is 0 Å². The first-order valence-corrected chi connectivity index (χ1v) is 12.3. The maximum atomic E-state index is 12.6. The van der Waals surface area contributed by atoms with Gasteiger partial charge in [-0.05, 0) is 43.3 Å². The monoisotopic (exact) mass is 473 g/mol. The van der Waals surface area contributed by atoms with Gasteiger partial charge in [0.2, 0.25) is 15.9 Å². The lowest BCUT2D eigenvalue weighted by Crippen LogP contribution is -2.49. The quantitative estimate of drug-likeness (QED) is 0.610. The van der Waals surface area contributed by atoms with E-state index in [0.717, 1.165) is 5.69 Å². The number of carbonyl (C=O) groups excluding carboxylic acids is 2. The fourth-order valence-electron chi connectivity index (χ4n) is 3.85. The molecule has 9 nitrogen and oxygen atoms in total. The summed E-state index contributed by atoms with van der Waals surface area (Å²) in [5, 5.41) is 0. The Labute approximate surface area is 193 Å². The molecular weight excluding hydrogens is 446 g/mol. The molecule has 2 aliphatic heterocycles. The molecule has 0 saturated carbocycles. The molecule has 176 valence electrons. The van der Waals surface area contributed by atoms with E-state index >= 15 is 0 Å². The van der Waals surface area contributed by atoms with Gasteiger partial charge in [-0.3, -0.25) is 9.59 Å². The van der Waals surface area contributed by atoms with Gasteiger partial charge in [-0.15, -0.1) is 0 Å². The van der Waals surface area contributed by atoms with Crippen molar-refractivity contribution in [1.29, 1.82) is 0 Å². The highest BCUT2D eigenvalue weighted by Crippen LogP contribution is 2.32. The van der Waals surface area contributed by atoms with Crippen LogP contribution in [0, 0.1) is 0 Å². The number of carbonyl (C=O) groups is 2. The molecule has 0 radical (unpaired) electrons. The van der Waals surface area contributed by atoms with Crippen molar-refractivity contribution in [3.8, 4) is 11.5 Å². The molecule has 2 aromatic rings. The fourth-order valence-corrected chi connectivity index (χ4v) is 4.89. The van der Waals surface area contributed by atoms with E-state index in [2.05, 4.69) is 9.62 Å². The molecule has 1 saturated heterocycles. The van der Waals surface area contributed by atoms with Gasteiger partial charge < -0.3 is 19.3 Å². The number of ether oxygens (including phenoxy) is 2. The second kappa shape index (κ2) is 9.80. The summed E-state index contributed by atoms with van der Waals surface area (Å²) < 4.78 is 38.5. The van der Waals surface area contributed by atoms with E-state index in [9.17, 15) is 18.0 Å². The first kappa shape index (κ1) is 23.1. The highest BCUT2D eigenvalue weighted by atomic mass is 32.2. The summed E-state index contributed by atoms with van der Waals surface area (Å²) in [4.78, 5) is 28.0. The normalized spacial score (nSPS) is 15.9. The molecule has 33 heavy (non-hydrogen) atoms. The molecule has 4 rings (SSSR count). The lowest BCUT2D eigenvalue weighted by atomic mass is 10.1. The Bertz CT molecular complexity index is 1130. The van der Waals surface area contributed by atoms with E-state index in [4.69, 9.17) is 9.47 Å². The Balaban J connectivity index is 1.25. The molecule has 0 spiro atoms. The second-order valence-electron chi connectivity index (χ2n) is 7.92. The van der Waals surface area contributed by atoms with Crippen LogP contribution in [0.5, 0.6) is 11.5 Å². The molecule has 2 aromatic carbocycles. The van der Waals surface area contributed by atoms with Crippen molar-refractivity contribution in [3.05, 3.63) is 48.0 Å². The number of ketones is 1. The molecule has 2 heterocycles. The van der Waals surface area contributed by atoms with E-state index in [1.54, 1.807) is 11.0 Å². The third-order valence-electron chi connectivity index (χ3n) is 5.73. The van der Waals surface area contributed by atoms with Crippen LogP contribution in [0.4, 0.5) is 5.69 Å². The van der Waals surface area contributed by atoms with Crippen LogP contribution in [0.2, 0.25) is 0 Å². The molecule has 2 aliphatic rings. The largest absolute Gasteiger partial charge is 0.486 e. The zero-order chi connectivity index (χ0) is 23.4. The Kier molecular flexibility index (Phi) is 6.85. The second-order valence-corrected chi connectivity index (χ2v) is 9.69. The molecule has 1 N–H and O–H groups in total. The fraction of sp³-hybridized carbons (Fsp3) is 0.391. The Morgan fingerprint density at radius 1 is 0.939 bits per heavy atom. The number of rotatable bonds is 7. The minimum Gasteiger partial charge on any atom is -0.486 e. The van der Waals surface area contributed by atoms with E-state index in [-0.39, 0.29) is 29.6 Å². The molecule has 1 fully saturated rings. The summed E-state index contributed by atoms with van der Waals surface area (Å²) in [5.74, 6) is 0.853. The van der Waals surface area contributed by atoms with E-state index in [1.165, 1.54) is 19.1 Å². The van der Waals surface area contributed by atoms with E-state index in [0.29, 0.717) is 56.5 Å². The van der Waals surface area contributed by atoms with Gasteiger partial charge in [0, 0.05) is 56.5 Å². The van der Waals surface area contributed by atoms with Gasteiger partial charge in [0.25, 0.3) is 0 Å². The van der Waals surface area contributed by atoms with Crippen LogP contribution >= 0.6 is 0 Å². The minimum absolute atomic E-state index is 0.0162. The summed E-state index contributed by atoms with van der Waals surface area (Å²) in [6, 6.07) is 11.9. The predicted molar refractivity (Wildman–Crippen MR) is 122 cm³/mol. The maximum Gasteiger partial charge on any atom is 0.240 e. The Morgan fingerprint density at radius 3 is 2.27 bits per heavy atom. The molecule has 0 atom stereocenters. The number of benzene rings is 2. The van der Waals surface area contributed by atoms with Crippen LogP contribution in [0.3, 0.4) is 0 Å². The average Bonchev–Trinajstić information content (AvgIpc) is 2.83. The standard InChI is InChI=1S/C23H27N3O6S/c1-17(27)18-2-4-19(5-3-18)25-10-12-26(13-11-25)23(28)8-9-24-33(29,30)20-6-7-21-22(16-20)32-15-14-31-21/h2-7,16,24H,8-15H2,1H3. The molecule has 0 aliphatic carbocycles. The zero-order valence-corrected chi connectivity index (χ0v) is 19.3. The number of Topliss-reactive ketones (excluding diaryl/α,β-unsaturated/α-hetero) is 1. The summed E-state index contributed by atoms with van der Waals surface area (Å²) in [7, 11) is -3.76. The van der Waals surface area contributed by atoms with Gasteiger partial charge in [0.1, 0.15) is 13.2 Å². The van der Waals surface area contributed by atoms with Crippen molar-refractivity contribution in [1.82, 2.24) is 9.62 Å². The van der Waals surface area contributed by atoms with E-state index in [1.807, 2.05) is 24.3 Å². The SMILES string of the molecule is CC(=O)c1ccc(N2CCN(C(=O)CCNS(=O)(=O)c3ccc4c(c3)OCCO4)CC2)cc1. The number of piperazine rings is 1. The lowest BCUT2D eigenvalue weighted by Gasteiger charge is -2.36. The number of fused-ring (bicyclic) bond motifs is 1. The number of hydrogen-bond donors (Lipinski definition) is 1. The van der Waals surface area contributed by atoms with Crippen LogP contribution in [0.25, 0.3) is 0 Å². The summed E-state index contributed by atoms with van der Waals surface area (Å²) in [5.41, 5.74) is 1.69. The van der Waals surface area contributed by atoms with Crippen molar-refractivity contribution >= 4 is 27.4 Å². The van der Waals surface area contributed by atoms with Crippen LogP contribution in [-0.2, 0) is 14.8 Å². The lowest BCUT2D eigenvalue weighted by molar-refractivity contribution is -0.131. The number of nitrogens with zero attached hydrogens (tertiary/aromatic N) is 2. The Hall–Kier alpha value is -3.11. The predicted octanol–water partition coefficient (Wildman–Crippen LogP) is 1.68. The molecule has 0 aromatic heterocycles. The van der Waals surface area contributed by atoms with Crippen LogP contribution in [-0.4, -0.2) is 70.9 Å². The topological polar surface area (TPSA) is 105 Å². The number of hydrogen-bond acceptors (Lipinski definition) is 7. The van der Waals surface area contributed by atoms with Crippen molar-refractivity contribution in [3.63, 3.8) is 0 Å². The summed E-state index contributed by atoms with van der Waals surface area (Å²) in [6.45, 7) is 4.82. The summed E-state index contributed by atoms with van der Waals surface area (Å²) >= 11 is 0. The van der Waals surface area contributed by atoms with Crippen molar-refractivity contribution in [2.24, 2.45) is 0 Å². The molecular formula is C23H27N3O6S. The van der Waals surface area contributed by atoms with Gasteiger partial charge in [-0.1, -0.05) is 0 Å². The van der Waals surface area contributed by atoms with Crippen molar-refractivity contribution < 1.29 is 27.5 Å². The van der Waals surface area contributed by atoms with Crippen molar-refractivity contribution in [2.75, 3.05) is 50.8 Å². The first-order chi connectivity index (χ1) is 15.8. The van der Waals surface area contributed by atoms with Crippen LogP contribution < -0.4 is 19.1 Å². The van der Waals surface area contributed by atoms with Gasteiger partial charge in [0.15, 0.2) is 17.3 Å². The van der Waals surface area contributed by atoms with Gasteiger partial charge in [0.05, 0.1) is 4.90 Å². The van der Waals surface area contributed by atoms with Crippen LogP contribution in [0.1, 0.15) is 23.7 Å². The number of sulfonamides is 1. The number of nitrogens with one attached hydrogen (secondary N) is 1. The highest BCUT2D eigenvalue weighted by molar-refractivity contribution is 7.89. The van der Waals surface area contributed by atoms with Gasteiger partial charge >= 0.3 is 0 Å². The third-order valence-corrected chi connectivity index (χ3v) is 7.18. The molecule has 10 heteroatoms. The smallest absolute Gasteiger partial charge is 0.240 e. The number of anilines is 1. The van der Waals surface area contributed by atoms with E-state index < -0.39 is 10.0 Å². The minimum atomic E-state index is -3.76. The highest BCUT2D eigenvalue weighted by Gasteiger charge is 2.23. The summed E-state index contributed by atoms with van der Waals surface area (Å²) in [6.07, 6.45) is 0.0804. The van der Waals surface area contributed by atoms with Crippen molar-refractivity contribution in [2.45, 2.75) is 18.2 Å². The zero-order valence-electron chi connectivity index (χ0n) is 18.5. The molecule has 0 unspecified atom stereocenters. The average molecular weight is 474 g/mol. The number of amides is 1. The maximum absolute atomic E-state index is 12.6. The Morgan fingerprint density at radius 2 is 1.61 bits per heavy atom. The molecule has 1 amide bonds. The third kappa shape index (κ3) is 5.45. The molecule has 0 bridgehead atoms. The van der Waals surface area contributed by atoms with Crippen LogP contribution in [0.15, 0.2) is 47.4 Å². The van der Waals surface area contributed by atoms with Gasteiger partial charge in [-0.25, -0.2) is 13.1 Å². The first-order valence-electron chi connectivity index (χ1n) is 10.9.